The highest BCUT2D eigenvalue weighted by atomic mass is 16.6. The van der Waals surface area contributed by atoms with Crippen molar-refractivity contribution in [2.45, 2.75) is 12.1 Å². The van der Waals surface area contributed by atoms with Crippen LogP contribution in [0.4, 0.5) is 0 Å². The van der Waals surface area contributed by atoms with Crippen molar-refractivity contribution in [1.29, 1.82) is 0 Å². The highest BCUT2D eigenvalue weighted by Crippen LogP contribution is 2.40. The van der Waals surface area contributed by atoms with Gasteiger partial charge in [-0.15, -0.1) is 0 Å². The number of methoxy groups -OCH3 is 1. The van der Waals surface area contributed by atoms with Crippen molar-refractivity contribution in [3.05, 3.63) is 17.7 Å². The molecule has 21 heavy (non-hydrogen) atoms. The lowest BCUT2D eigenvalue weighted by Gasteiger charge is -2.29. The molecule has 7 nitrogen and oxygen atoms in total. The van der Waals surface area contributed by atoms with Gasteiger partial charge < -0.3 is 34.8 Å². The molecule has 1 aromatic rings. The predicted octanol–water partition coefficient (Wildman–Crippen LogP) is -0.728. The fraction of sp³-hybridized carbons (Fsp3) is 0.571. The molecule has 0 radical (unpaired) electrons. The summed E-state index contributed by atoms with van der Waals surface area (Å²) in [4.78, 5) is 0. The molecule has 4 N–H and O–H groups in total. The van der Waals surface area contributed by atoms with E-state index in [2.05, 4.69) is 5.32 Å². The van der Waals surface area contributed by atoms with Gasteiger partial charge in [0.15, 0.2) is 11.5 Å². The zero-order valence-electron chi connectivity index (χ0n) is 12.0. The van der Waals surface area contributed by atoms with Gasteiger partial charge in [-0.3, -0.25) is 0 Å². The summed E-state index contributed by atoms with van der Waals surface area (Å²) < 4.78 is 16.3. The molecule has 0 amide bonds. The van der Waals surface area contributed by atoms with E-state index in [1.165, 1.54) is 0 Å². The van der Waals surface area contributed by atoms with Crippen LogP contribution < -0.4 is 19.5 Å². The van der Waals surface area contributed by atoms with E-state index in [-0.39, 0.29) is 19.8 Å². The number of aliphatic hydroxyl groups excluding tert-OH is 3. The molecule has 0 aromatic heterocycles. The van der Waals surface area contributed by atoms with Crippen molar-refractivity contribution in [3.8, 4) is 17.2 Å². The number of nitrogens with one attached hydrogen (secondary N) is 1. The molecule has 0 unspecified atom stereocenters. The third-order valence-electron chi connectivity index (χ3n) is 3.46. The Balaban J connectivity index is 2.17. The van der Waals surface area contributed by atoms with Crippen molar-refractivity contribution < 1.29 is 29.5 Å². The van der Waals surface area contributed by atoms with E-state index in [0.717, 1.165) is 5.56 Å². The smallest absolute Gasteiger partial charge is 0.203 e. The zero-order valence-corrected chi connectivity index (χ0v) is 12.0. The van der Waals surface area contributed by atoms with Gasteiger partial charge in [-0.1, -0.05) is 0 Å². The average Bonchev–Trinajstić information content (AvgIpc) is 2.56. The third kappa shape index (κ3) is 3.38. The standard InChI is InChI=1S/C14H21NO6/c1-19-11-4-10(5-12-13(11)21-3-2-20-12)6-15-14(7-16,8-17)9-18/h4-5,15-18H,2-3,6-9H2,1H3. The van der Waals surface area contributed by atoms with Crippen LogP contribution in [-0.2, 0) is 6.54 Å². The van der Waals surface area contributed by atoms with Gasteiger partial charge in [0.1, 0.15) is 13.2 Å². The van der Waals surface area contributed by atoms with E-state index in [1.54, 1.807) is 19.2 Å². The molecular formula is C14H21NO6. The second-order valence-corrected chi connectivity index (χ2v) is 4.93. The Labute approximate surface area is 123 Å². The fourth-order valence-corrected chi connectivity index (χ4v) is 2.04. The van der Waals surface area contributed by atoms with Crippen molar-refractivity contribution in [2.24, 2.45) is 0 Å². The van der Waals surface area contributed by atoms with Crippen LogP contribution in [-0.4, -0.2) is 61.0 Å². The SMILES string of the molecule is COc1cc(CNC(CO)(CO)CO)cc2c1OCCO2. The van der Waals surface area contributed by atoms with Crippen LogP contribution in [0.25, 0.3) is 0 Å². The molecular weight excluding hydrogens is 278 g/mol. The fourth-order valence-electron chi connectivity index (χ4n) is 2.04. The minimum atomic E-state index is -1.12. The van der Waals surface area contributed by atoms with Gasteiger partial charge in [0.05, 0.1) is 32.5 Å². The summed E-state index contributed by atoms with van der Waals surface area (Å²) in [6.45, 7) is 0.157. The van der Waals surface area contributed by atoms with Crippen molar-refractivity contribution >= 4 is 0 Å². The molecule has 0 aliphatic carbocycles. The maximum atomic E-state index is 9.30. The van der Waals surface area contributed by atoms with Crippen LogP contribution in [0.2, 0.25) is 0 Å². The second-order valence-electron chi connectivity index (χ2n) is 4.93. The van der Waals surface area contributed by atoms with Crippen LogP contribution in [0.15, 0.2) is 12.1 Å². The minimum Gasteiger partial charge on any atom is -0.493 e. The molecule has 7 heteroatoms. The normalized spacial score (nSPS) is 14.1. The number of hydrogen-bond acceptors (Lipinski definition) is 7. The Morgan fingerprint density at radius 2 is 1.81 bits per heavy atom. The first-order valence-electron chi connectivity index (χ1n) is 6.72. The van der Waals surface area contributed by atoms with Crippen LogP contribution in [0.5, 0.6) is 17.2 Å². The predicted molar refractivity (Wildman–Crippen MR) is 74.8 cm³/mol. The van der Waals surface area contributed by atoms with E-state index >= 15 is 0 Å². The molecule has 1 heterocycles. The van der Waals surface area contributed by atoms with Crippen molar-refractivity contribution in [2.75, 3.05) is 40.1 Å². The molecule has 0 saturated heterocycles. The Morgan fingerprint density at radius 3 is 2.43 bits per heavy atom. The Hall–Kier alpha value is -1.54. The number of ether oxygens (including phenoxy) is 3. The first-order chi connectivity index (χ1) is 10.2. The molecule has 0 fully saturated rings. The molecule has 1 aliphatic heterocycles. The van der Waals surface area contributed by atoms with Crippen LogP contribution >= 0.6 is 0 Å². The first kappa shape index (κ1) is 15.8. The third-order valence-corrected chi connectivity index (χ3v) is 3.46. The first-order valence-corrected chi connectivity index (χ1v) is 6.72. The molecule has 0 atom stereocenters. The van der Waals surface area contributed by atoms with E-state index in [0.29, 0.717) is 37.0 Å². The molecule has 0 bridgehead atoms. The maximum absolute atomic E-state index is 9.30. The lowest BCUT2D eigenvalue weighted by molar-refractivity contribution is 0.0413. The molecule has 1 aromatic carbocycles. The summed E-state index contributed by atoms with van der Waals surface area (Å²) in [5.41, 5.74) is -0.295. The van der Waals surface area contributed by atoms with Gasteiger partial charge in [-0.2, -0.15) is 0 Å². The highest BCUT2D eigenvalue weighted by molar-refractivity contribution is 5.54. The monoisotopic (exact) mass is 299 g/mol. The van der Waals surface area contributed by atoms with E-state index in [1.807, 2.05) is 0 Å². The number of aliphatic hydroxyl groups is 3. The molecule has 2 rings (SSSR count). The summed E-state index contributed by atoms with van der Waals surface area (Å²) in [5.74, 6) is 1.73. The van der Waals surface area contributed by atoms with Gasteiger partial charge in [0.25, 0.3) is 0 Å². The lowest BCUT2D eigenvalue weighted by atomic mass is 10.0. The summed E-state index contributed by atoms with van der Waals surface area (Å²) in [7, 11) is 1.55. The number of benzene rings is 1. The number of hydrogen-bond donors (Lipinski definition) is 4. The molecule has 1 aliphatic rings. The van der Waals surface area contributed by atoms with E-state index in [4.69, 9.17) is 14.2 Å². The number of fused-ring (bicyclic) bond motifs is 1. The Morgan fingerprint density at radius 1 is 1.14 bits per heavy atom. The molecule has 118 valence electrons. The van der Waals surface area contributed by atoms with Crippen LogP contribution in [0, 0.1) is 0 Å². The minimum absolute atomic E-state index is 0.328. The summed E-state index contributed by atoms with van der Waals surface area (Å²) in [6, 6.07) is 3.60. The second kappa shape index (κ2) is 6.95. The van der Waals surface area contributed by atoms with Gasteiger partial charge in [0, 0.05) is 6.54 Å². The van der Waals surface area contributed by atoms with Gasteiger partial charge in [0.2, 0.25) is 5.75 Å². The topological polar surface area (TPSA) is 100 Å². The van der Waals surface area contributed by atoms with Gasteiger partial charge in [-0.05, 0) is 17.7 Å². The quantitative estimate of drug-likeness (QED) is 0.527. The molecule has 0 spiro atoms. The van der Waals surface area contributed by atoms with E-state index in [9.17, 15) is 15.3 Å². The van der Waals surface area contributed by atoms with Gasteiger partial charge >= 0.3 is 0 Å². The number of rotatable bonds is 7. The van der Waals surface area contributed by atoms with Crippen LogP contribution in [0.1, 0.15) is 5.56 Å². The van der Waals surface area contributed by atoms with Crippen molar-refractivity contribution in [1.82, 2.24) is 5.32 Å². The van der Waals surface area contributed by atoms with Crippen molar-refractivity contribution in [3.63, 3.8) is 0 Å². The Kier molecular flexibility index (Phi) is 5.24. The van der Waals surface area contributed by atoms with Crippen LogP contribution in [0.3, 0.4) is 0 Å². The summed E-state index contributed by atoms with van der Waals surface area (Å²) >= 11 is 0. The Bertz CT molecular complexity index is 449. The largest absolute Gasteiger partial charge is 0.493 e. The van der Waals surface area contributed by atoms with E-state index < -0.39 is 5.54 Å². The lowest BCUT2D eigenvalue weighted by Crippen LogP contribution is -2.54. The maximum Gasteiger partial charge on any atom is 0.203 e. The van der Waals surface area contributed by atoms with Gasteiger partial charge in [-0.25, -0.2) is 0 Å². The average molecular weight is 299 g/mol. The molecule has 0 saturated carbocycles. The zero-order chi connectivity index (χ0) is 15.3. The highest BCUT2D eigenvalue weighted by Gasteiger charge is 2.27. The summed E-state index contributed by atoms with van der Waals surface area (Å²) in [5, 5.41) is 30.8. The summed E-state index contributed by atoms with van der Waals surface area (Å²) in [6.07, 6.45) is 0.